The van der Waals surface area contributed by atoms with Gasteiger partial charge in [-0.2, -0.15) is 0 Å². The van der Waals surface area contributed by atoms with Crippen LogP contribution in [0.4, 0.5) is 4.39 Å². The Kier molecular flexibility index (Phi) is 7.83. The molecule has 2 unspecified atom stereocenters. The molecule has 0 aromatic carbocycles. The van der Waals surface area contributed by atoms with Crippen molar-refractivity contribution in [3.63, 3.8) is 0 Å². The zero-order valence-corrected chi connectivity index (χ0v) is 21.5. The molecule has 0 aromatic heterocycles. The van der Waals surface area contributed by atoms with E-state index in [2.05, 4.69) is 26.0 Å². The van der Waals surface area contributed by atoms with Gasteiger partial charge in [0, 0.05) is 5.57 Å². The van der Waals surface area contributed by atoms with Gasteiger partial charge in [-0.1, -0.05) is 51.7 Å². The highest BCUT2D eigenvalue weighted by atomic mass is 19.1. The van der Waals surface area contributed by atoms with Crippen LogP contribution in [0.1, 0.15) is 117 Å². The molecule has 5 rings (SSSR count). The minimum absolute atomic E-state index is 0.103. The fraction of sp³-hybridized carbons (Fsp3) is 0.812. The van der Waals surface area contributed by atoms with Crippen molar-refractivity contribution in [1.29, 1.82) is 0 Å². The number of allylic oxidation sites excluding steroid dienone is 6. The largest absolute Gasteiger partial charge is 0.207 e. The molecule has 33 heavy (non-hydrogen) atoms. The summed E-state index contributed by atoms with van der Waals surface area (Å²) in [4.78, 5) is 0. The Balaban J connectivity index is 1.11. The highest BCUT2D eigenvalue weighted by Crippen LogP contribution is 2.46. The summed E-state index contributed by atoms with van der Waals surface area (Å²) in [6, 6.07) is 0. The van der Waals surface area contributed by atoms with Gasteiger partial charge in [0.05, 0.1) is 0 Å². The lowest BCUT2D eigenvalue weighted by atomic mass is 9.66. The highest BCUT2D eigenvalue weighted by molar-refractivity contribution is 5.46. The van der Waals surface area contributed by atoms with Crippen LogP contribution in [-0.4, -0.2) is 0 Å². The minimum atomic E-state index is 0.103. The van der Waals surface area contributed by atoms with Crippen LogP contribution in [0.25, 0.3) is 0 Å². The van der Waals surface area contributed by atoms with E-state index in [0.29, 0.717) is 11.8 Å². The molecule has 2 atom stereocenters. The second-order valence-electron chi connectivity index (χ2n) is 13.0. The topological polar surface area (TPSA) is 0 Å². The lowest BCUT2D eigenvalue weighted by Crippen LogP contribution is -2.28. The van der Waals surface area contributed by atoms with Gasteiger partial charge in [-0.05, 0) is 136 Å². The molecular weight excluding hydrogens is 403 g/mol. The Morgan fingerprint density at radius 3 is 1.61 bits per heavy atom. The van der Waals surface area contributed by atoms with Crippen LogP contribution < -0.4 is 0 Å². The van der Waals surface area contributed by atoms with Crippen molar-refractivity contribution in [2.24, 2.45) is 47.3 Å². The van der Waals surface area contributed by atoms with Crippen LogP contribution in [0, 0.1) is 47.3 Å². The zero-order chi connectivity index (χ0) is 22.8. The molecule has 1 heteroatoms. The normalized spacial score (nSPS) is 42.8. The quantitative estimate of drug-likeness (QED) is 0.398. The van der Waals surface area contributed by atoms with Gasteiger partial charge in [-0.3, -0.25) is 0 Å². The molecular formula is C32H49F. The van der Waals surface area contributed by atoms with E-state index in [4.69, 9.17) is 0 Å². The van der Waals surface area contributed by atoms with Gasteiger partial charge in [0.2, 0.25) is 0 Å². The maximum absolute atomic E-state index is 15.3. The van der Waals surface area contributed by atoms with E-state index < -0.39 is 0 Å². The minimum Gasteiger partial charge on any atom is -0.207 e. The standard InChI is InChI=1S/C32H49F/c1-22-3-7-24(8-4-22)26-11-13-28(14-12-26)30-19-20-31(32(33)21-30)29-17-15-27(16-18-29)25-9-5-23(2)6-10-25/h17,20-28,30H,3-16,18-19H2,1-2H3. The average molecular weight is 453 g/mol. The molecule has 0 nitrogen and oxygen atoms in total. The van der Waals surface area contributed by atoms with Gasteiger partial charge in [-0.25, -0.2) is 4.39 Å². The summed E-state index contributed by atoms with van der Waals surface area (Å²) >= 11 is 0. The maximum atomic E-state index is 15.3. The first-order valence-corrected chi connectivity index (χ1v) is 14.8. The fourth-order valence-corrected chi connectivity index (χ4v) is 8.40. The number of hydrogen-bond acceptors (Lipinski definition) is 0. The van der Waals surface area contributed by atoms with Crippen LogP contribution in [0.5, 0.6) is 0 Å². The second-order valence-corrected chi connectivity index (χ2v) is 13.0. The van der Waals surface area contributed by atoms with Crippen molar-refractivity contribution in [2.75, 3.05) is 0 Å². The van der Waals surface area contributed by atoms with E-state index in [9.17, 15) is 0 Å². The average Bonchev–Trinajstić information content (AvgIpc) is 2.85. The molecule has 3 saturated carbocycles. The molecule has 184 valence electrons. The van der Waals surface area contributed by atoms with Crippen LogP contribution in [-0.2, 0) is 0 Å². The lowest BCUT2D eigenvalue weighted by molar-refractivity contribution is 0.136. The summed E-state index contributed by atoms with van der Waals surface area (Å²) in [5, 5.41) is 0. The van der Waals surface area contributed by atoms with Crippen molar-refractivity contribution >= 4 is 0 Å². The third kappa shape index (κ3) is 5.70. The summed E-state index contributed by atoms with van der Waals surface area (Å²) < 4.78 is 15.3. The Labute approximate surface area is 203 Å². The van der Waals surface area contributed by atoms with Crippen molar-refractivity contribution in [3.05, 3.63) is 35.2 Å². The Morgan fingerprint density at radius 1 is 0.576 bits per heavy atom. The number of hydrogen-bond donors (Lipinski definition) is 0. The molecule has 3 fully saturated rings. The molecule has 0 bridgehead atoms. The van der Waals surface area contributed by atoms with Gasteiger partial charge in [-0.15, -0.1) is 0 Å². The predicted octanol–water partition coefficient (Wildman–Crippen LogP) is 9.97. The van der Waals surface area contributed by atoms with Crippen LogP contribution in [0.3, 0.4) is 0 Å². The Bertz CT molecular complexity index is 732. The summed E-state index contributed by atoms with van der Waals surface area (Å²) in [5.74, 6) is 6.89. The van der Waals surface area contributed by atoms with E-state index in [1.807, 2.05) is 6.08 Å². The third-order valence-corrected chi connectivity index (χ3v) is 10.9. The van der Waals surface area contributed by atoms with Crippen molar-refractivity contribution in [3.8, 4) is 0 Å². The molecule has 0 N–H and O–H groups in total. The summed E-state index contributed by atoms with van der Waals surface area (Å²) in [7, 11) is 0. The first kappa shape index (κ1) is 23.9. The fourth-order valence-electron chi connectivity index (χ4n) is 8.40. The lowest BCUT2D eigenvalue weighted by Gasteiger charge is -2.39. The molecule has 0 aliphatic heterocycles. The molecule has 5 aliphatic carbocycles. The van der Waals surface area contributed by atoms with Crippen molar-refractivity contribution in [2.45, 2.75) is 117 Å². The summed E-state index contributed by atoms with van der Waals surface area (Å²) in [6.07, 6.45) is 28.4. The molecule has 5 aliphatic rings. The van der Waals surface area contributed by atoms with Crippen LogP contribution in [0.2, 0.25) is 0 Å². The van der Waals surface area contributed by atoms with E-state index >= 15 is 4.39 Å². The van der Waals surface area contributed by atoms with E-state index in [0.717, 1.165) is 53.9 Å². The van der Waals surface area contributed by atoms with E-state index in [1.54, 1.807) is 0 Å². The number of halogens is 1. The molecule has 0 saturated heterocycles. The maximum Gasteiger partial charge on any atom is 0.126 e. The molecule has 0 spiro atoms. The monoisotopic (exact) mass is 452 g/mol. The highest BCUT2D eigenvalue weighted by Gasteiger charge is 2.34. The SMILES string of the molecule is CC1CCC(C2CC=C(C3=CCC(C4CCC(C5CCC(C)CC5)CC4)C=C3F)CC2)CC1. The molecule has 0 heterocycles. The smallest absolute Gasteiger partial charge is 0.126 e. The van der Waals surface area contributed by atoms with E-state index in [1.165, 1.54) is 95.5 Å². The van der Waals surface area contributed by atoms with Crippen molar-refractivity contribution < 1.29 is 4.39 Å². The second kappa shape index (κ2) is 10.8. The van der Waals surface area contributed by atoms with Gasteiger partial charge in [0.25, 0.3) is 0 Å². The zero-order valence-electron chi connectivity index (χ0n) is 21.5. The number of rotatable bonds is 4. The van der Waals surface area contributed by atoms with E-state index in [-0.39, 0.29) is 5.83 Å². The van der Waals surface area contributed by atoms with Gasteiger partial charge >= 0.3 is 0 Å². The Morgan fingerprint density at radius 2 is 1.09 bits per heavy atom. The van der Waals surface area contributed by atoms with Gasteiger partial charge < -0.3 is 0 Å². The van der Waals surface area contributed by atoms with Crippen molar-refractivity contribution in [1.82, 2.24) is 0 Å². The molecule has 0 amide bonds. The first-order chi connectivity index (χ1) is 16.1. The summed E-state index contributed by atoms with van der Waals surface area (Å²) in [6.45, 7) is 4.84. The van der Waals surface area contributed by atoms with Gasteiger partial charge in [0.15, 0.2) is 0 Å². The third-order valence-electron chi connectivity index (χ3n) is 10.9. The Hall–Kier alpha value is -0.850. The summed E-state index contributed by atoms with van der Waals surface area (Å²) in [5.41, 5.74) is 2.28. The molecule has 0 aromatic rings. The van der Waals surface area contributed by atoms with Crippen LogP contribution >= 0.6 is 0 Å². The van der Waals surface area contributed by atoms with Crippen LogP contribution in [0.15, 0.2) is 35.2 Å². The predicted molar refractivity (Wildman–Crippen MR) is 138 cm³/mol. The first-order valence-electron chi connectivity index (χ1n) is 14.8. The molecule has 0 radical (unpaired) electrons. The van der Waals surface area contributed by atoms with Gasteiger partial charge in [0.1, 0.15) is 5.83 Å².